The van der Waals surface area contributed by atoms with Crippen molar-refractivity contribution in [3.05, 3.63) is 18.2 Å². The van der Waals surface area contributed by atoms with Crippen LogP contribution < -0.4 is 10.2 Å². The van der Waals surface area contributed by atoms with Gasteiger partial charge in [0, 0.05) is 26.4 Å². The lowest BCUT2D eigenvalue weighted by molar-refractivity contribution is 0.601. The minimum Gasteiger partial charge on any atom is -0.370 e. The van der Waals surface area contributed by atoms with Crippen LogP contribution in [0.5, 0.6) is 0 Å². The number of sulfone groups is 1. The quantitative estimate of drug-likeness (QED) is 0.812. The van der Waals surface area contributed by atoms with Crippen molar-refractivity contribution >= 4 is 21.5 Å². The Morgan fingerprint density at radius 3 is 2.72 bits per heavy atom. The number of anilines is 2. The molecular formula is C12H21N3O2S. The summed E-state index contributed by atoms with van der Waals surface area (Å²) in [4.78, 5) is 6.28. The fourth-order valence-electron chi connectivity index (χ4n) is 1.40. The monoisotopic (exact) mass is 271 g/mol. The molecule has 1 aromatic rings. The van der Waals surface area contributed by atoms with E-state index in [1.807, 2.05) is 30.1 Å². The second-order valence-electron chi connectivity index (χ2n) is 4.36. The zero-order chi connectivity index (χ0) is 13.6. The van der Waals surface area contributed by atoms with E-state index in [0.717, 1.165) is 24.6 Å². The molecule has 0 aromatic carbocycles. The van der Waals surface area contributed by atoms with Gasteiger partial charge in [0.05, 0.1) is 5.75 Å². The molecule has 0 fully saturated rings. The van der Waals surface area contributed by atoms with Crippen molar-refractivity contribution < 1.29 is 8.42 Å². The molecule has 0 radical (unpaired) electrons. The standard InChI is InChI=1S/C12H21N3O2S/c1-4-8-13-11-6-5-7-12(14-11)15(2)9-10-18(3,16)17/h5-7H,4,8-10H2,1-3H3,(H,13,14). The smallest absolute Gasteiger partial charge is 0.149 e. The molecule has 0 aliphatic heterocycles. The van der Waals surface area contributed by atoms with E-state index in [2.05, 4.69) is 17.2 Å². The molecule has 0 aliphatic carbocycles. The lowest BCUT2D eigenvalue weighted by Gasteiger charge is -2.18. The molecule has 0 saturated heterocycles. The average Bonchev–Trinajstić information content (AvgIpc) is 2.33. The van der Waals surface area contributed by atoms with E-state index >= 15 is 0 Å². The third-order valence-electron chi connectivity index (χ3n) is 2.48. The number of nitrogens with zero attached hydrogens (tertiary/aromatic N) is 2. The zero-order valence-corrected chi connectivity index (χ0v) is 12.0. The fourth-order valence-corrected chi connectivity index (χ4v) is 2.01. The van der Waals surface area contributed by atoms with Crippen LogP contribution in [-0.4, -0.2) is 45.5 Å². The third-order valence-corrected chi connectivity index (χ3v) is 3.40. The number of pyridine rings is 1. The van der Waals surface area contributed by atoms with Gasteiger partial charge in [-0.05, 0) is 18.6 Å². The molecule has 0 atom stereocenters. The largest absolute Gasteiger partial charge is 0.370 e. The Kier molecular flexibility index (Phi) is 5.40. The van der Waals surface area contributed by atoms with Crippen molar-refractivity contribution in [1.82, 2.24) is 4.98 Å². The van der Waals surface area contributed by atoms with Gasteiger partial charge in [-0.3, -0.25) is 0 Å². The molecule has 18 heavy (non-hydrogen) atoms. The highest BCUT2D eigenvalue weighted by atomic mass is 32.2. The molecule has 1 heterocycles. The Bertz CT molecular complexity index is 474. The van der Waals surface area contributed by atoms with Crippen molar-refractivity contribution in [2.75, 3.05) is 42.4 Å². The van der Waals surface area contributed by atoms with Crippen molar-refractivity contribution in [1.29, 1.82) is 0 Å². The summed E-state index contributed by atoms with van der Waals surface area (Å²) in [5.74, 6) is 1.73. The Morgan fingerprint density at radius 2 is 2.11 bits per heavy atom. The molecule has 102 valence electrons. The normalized spacial score (nSPS) is 11.3. The summed E-state index contributed by atoms with van der Waals surface area (Å²) in [6.45, 7) is 3.42. The van der Waals surface area contributed by atoms with Crippen LogP contribution >= 0.6 is 0 Å². The molecule has 6 heteroatoms. The lowest BCUT2D eigenvalue weighted by Crippen LogP contribution is -2.25. The maximum atomic E-state index is 11.1. The number of hydrogen-bond acceptors (Lipinski definition) is 5. The van der Waals surface area contributed by atoms with E-state index in [4.69, 9.17) is 0 Å². The molecule has 1 N–H and O–H groups in total. The predicted octanol–water partition coefficient (Wildman–Crippen LogP) is 1.38. The van der Waals surface area contributed by atoms with Gasteiger partial charge < -0.3 is 10.2 Å². The Labute approximate surface area is 109 Å². The molecule has 1 aromatic heterocycles. The summed E-state index contributed by atoms with van der Waals surface area (Å²) < 4.78 is 22.2. The van der Waals surface area contributed by atoms with Crippen LogP contribution in [0.1, 0.15) is 13.3 Å². The summed E-state index contributed by atoms with van der Waals surface area (Å²) in [5, 5.41) is 3.21. The number of aromatic nitrogens is 1. The van der Waals surface area contributed by atoms with Crippen molar-refractivity contribution in [3.63, 3.8) is 0 Å². The Hall–Kier alpha value is -1.30. The number of rotatable bonds is 7. The summed E-state index contributed by atoms with van der Waals surface area (Å²) in [6, 6.07) is 5.69. The van der Waals surface area contributed by atoms with Gasteiger partial charge in [0.2, 0.25) is 0 Å². The molecule has 0 spiro atoms. The average molecular weight is 271 g/mol. The van der Waals surface area contributed by atoms with Crippen molar-refractivity contribution in [3.8, 4) is 0 Å². The van der Waals surface area contributed by atoms with Crippen LogP contribution in [-0.2, 0) is 9.84 Å². The van der Waals surface area contributed by atoms with Crippen molar-refractivity contribution in [2.45, 2.75) is 13.3 Å². The van der Waals surface area contributed by atoms with Crippen LogP contribution in [0.4, 0.5) is 11.6 Å². The minimum absolute atomic E-state index is 0.137. The third kappa shape index (κ3) is 5.35. The van der Waals surface area contributed by atoms with E-state index in [0.29, 0.717) is 6.54 Å². The van der Waals surface area contributed by atoms with Crippen molar-refractivity contribution in [2.24, 2.45) is 0 Å². The first-order valence-electron chi connectivity index (χ1n) is 6.02. The first-order chi connectivity index (χ1) is 8.42. The van der Waals surface area contributed by atoms with Crippen LogP contribution in [0.3, 0.4) is 0 Å². The van der Waals surface area contributed by atoms with Gasteiger partial charge >= 0.3 is 0 Å². The fraction of sp³-hybridized carbons (Fsp3) is 0.583. The molecule has 5 nitrogen and oxygen atoms in total. The highest BCUT2D eigenvalue weighted by Gasteiger charge is 2.07. The maximum Gasteiger partial charge on any atom is 0.149 e. The van der Waals surface area contributed by atoms with E-state index < -0.39 is 9.84 Å². The molecule has 0 aliphatic rings. The van der Waals surface area contributed by atoms with E-state index in [1.165, 1.54) is 6.26 Å². The molecule has 0 unspecified atom stereocenters. The highest BCUT2D eigenvalue weighted by molar-refractivity contribution is 7.90. The number of nitrogens with one attached hydrogen (secondary N) is 1. The van der Waals surface area contributed by atoms with Gasteiger partial charge in [-0.15, -0.1) is 0 Å². The predicted molar refractivity (Wildman–Crippen MR) is 76.0 cm³/mol. The highest BCUT2D eigenvalue weighted by Crippen LogP contribution is 2.12. The summed E-state index contributed by atoms with van der Waals surface area (Å²) in [7, 11) is -1.09. The van der Waals surface area contributed by atoms with Crippen LogP contribution in [0, 0.1) is 0 Å². The van der Waals surface area contributed by atoms with Gasteiger partial charge in [0.15, 0.2) is 0 Å². The molecule has 0 saturated carbocycles. The minimum atomic E-state index is -2.94. The molecule has 0 bridgehead atoms. The van der Waals surface area contributed by atoms with Crippen LogP contribution in [0.2, 0.25) is 0 Å². The van der Waals surface area contributed by atoms with Gasteiger partial charge in [0.1, 0.15) is 21.5 Å². The van der Waals surface area contributed by atoms with Crippen LogP contribution in [0.15, 0.2) is 18.2 Å². The topological polar surface area (TPSA) is 62.3 Å². The first kappa shape index (κ1) is 14.8. The SMILES string of the molecule is CCCNc1cccc(N(C)CCS(C)(=O)=O)n1. The lowest BCUT2D eigenvalue weighted by atomic mass is 10.4. The molecule has 1 rings (SSSR count). The zero-order valence-electron chi connectivity index (χ0n) is 11.2. The van der Waals surface area contributed by atoms with Gasteiger partial charge in [0.25, 0.3) is 0 Å². The summed E-state index contributed by atoms with van der Waals surface area (Å²) in [6.07, 6.45) is 2.28. The second-order valence-corrected chi connectivity index (χ2v) is 6.62. The van der Waals surface area contributed by atoms with Crippen LogP contribution in [0.25, 0.3) is 0 Å². The van der Waals surface area contributed by atoms with Gasteiger partial charge in [-0.25, -0.2) is 13.4 Å². The van der Waals surface area contributed by atoms with E-state index in [1.54, 1.807) is 0 Å². The Balaban J connectivity index is 2.64. The first-order valence-corrected chi connectivity index (χ1v) is 8.08. The summed E-state index contributed by atoms with van der Waals surface area (Å²) in [5.41, 5.74) is 0. The van der Waals surface area contributed by atoms with E-state index in [-0.39, 0.29) is 5.75 Å². The molecule has 0 amide bonds. The van der Waals surface area contributed by atoms with Gasteiger partial charge in [-0.1, -0.05) is 13.0 Å². The molecular weight excluding hydrogens is 250 g/mol. The maximum absolute atomic E-state index is 11.1. The van der Waals surface area contributed by atoms with E-state index in [9.17, 15) is 8.42 Å². The Morgan fingerprint density at radius 1 is 1.39 bits per heavy atom. The number of hydrogen-bond donors (Lipinski definition) is 1. The summed E-state index contributed by atoms with van der Waals surface area (Å²) >= 11 is 0. The second kappa shape index (κ2) is 6.58. The van der Waals surface area contributed by atoms with Gasteiger partial charge in [-0.2, -0.15) is 0 Å².